The van der Waals surface area contributed by atoms with E-state index >= 15 is 0 Å². The maximum Gasteiger partial charge on any atom is 0.0441 e. The van der Waals surface area contributed by atoms with Crippen molar-refractivity contribution in [3.05, 3.63) is 28.2 Å². The van der Waals surface area contributed by atoms with Gasteiger partial charge in [-0.1, -0.05) is 23.2 Å². The van der Waals surface area contributed by atoms with Crippen LogP contribution in [0.1, 0.15) is 12.8 Å². The fourth-order valence-electron chi connectivity index (χ4n) is 2.17. The summed E-state index contributed by atoms with van der Waals surface area (Å²) in [6.07, 6.45) is 2.44. The van der Waals surface area contributed by atoms with Crippen molar-refractivity contribution < 1.29 is 0 Å². The SMILES string of the molecule is CNC1CCCN(c2cc(Cl)cc(Cl)c2)C1. The molecule has 0 aromatic heterocycles. The first kappa shape index (κ1) is 12.0. The summed E-state index contributed by atoms with van der Waals surface area (Å²) in [4.78, 5) is 2.34. The van der Waals surface area contributed by atoms with E-state index in [4.69, 9.17) is 23.2 Å². The van der Waals surface area contributed by atoms with Crippen LogP contribution in [0.4, 0.5) is 5.69 Å². The van der Waals surface area contributed by atoms with Gasteiger partial charge in [0.25, 0.3) is 0 Å². The average Bonchev–Trinajstić information content (AvgIpc) is 2.28. The fraction of sp³-hybridized carbons (Fsp3) is 0.500. The summed E-state index contributed by atoms with van der Waals surface area (Å²) >= 11 is 12.0. The minimum Gasteiger partial charge on any atom is -0.370 e. The molecule has 4 heteroatoms. The number of rotatable bonds is 2. The summed E-state index contributed by atoms with van der Waals surface area (Å²) in [6, 6.07) is 6.29. The molecule has 1 aliphatic heterocycles. The molecule has 0 bridgehead atoms. The van der Waals surface area contributed by atoms with Gasteiger partial charge in [0.2, 0.25) is 0 Å². The Morgan fingerprint density at radius 1 is 1.25 bits per heavy atom. The van der Waals surface area contributed by atoms with Crippen molar-refractivity contribution >= 4 is 28.9 Å². The minimum atomic E-state index is 0.562. The lowest BCUT2D eigenvalue weighted by Crippen LogP contribution is -2.44. The molecule has 1 N–H and O–H groups in total. The van der Waals surface area contributed by atoms with Crippen molar-refractivity contribution in [1.82, 2.24) is 5.32 Å². The second-order valence-corrected chi connectivity index (χ2v) is 5.07. The number of nitrogens with zero attached hydrogens (tertiary/aromatic N) is 1. The largest absolute Gasteiger partial charge is 0.370 e. The molecule has 1 atom stereocenters. The zero-order valence-corrected chi connectivity index (χ0v) is 10.9. The summed E-state index contributed by atoms with van der Waals surface area (Å²) in [6.45, 7) is 2.10. The second-order valence-electron chi connectivity index (χ2n) is 4.20. The Morgan fingerprint density at radius 3 is 2.56 bits per heavy atom. The lowest BCUT2D eigenvalue weighted by molar-refractivity contribution is 0.449. The van der Waals surface area contributed by atoms with Gasteiger partial charge in [-0.3, -0.25) is 0 Å². The number of halogens is 2. The summed E-state index contributed by atoms with van der Waals surface area (Å²) in [5.74, 6) is 0. The average molecular weight is 259 g/mol. The van der Waals surface area contributed by atoms with E-state index in [0.29, 0.717) is 16.1 Å². The monoisotopic (exact) mass is 258 g/mol. The molecule has 1 aromatic rings. The zero-order chi connectivity index (χ0) is 11.5. The zero-order valence-electron chi connectivity index (χ0n) is 9.34. The van der Waals surface area contributed by atoms with Crippen LogP contribution in [0.15, 0.2) is 18.2 Å². The number of hydrogen-bond acceptors (Lipinski definition) is 2. The van der Waals surface area contributed by atoms with E-state index in [2.05, 4.69) is 10.2 Å². The standard InChI is InChI=1S/C12H16Cl2N2/c1-15-11-3-2-4-16(8-11)12-6-9(13)5-10(14)7-12/h5-7,11,15H,2-4,8H2,1H3. The molecule has 0 spiro atoms. The Bertz CT molecular complexity index is 348. The highest BCUT2D eigenvalue weighted by atomic mass is 35.5. The van der Waals surface area contributed by atoms with Crippen LogP contribution in [0.25, 0.3) is 0 Å². The first-order valence-corrected chi connectivity index (χ1v) is 6.33. The van der Waals surface area contributed by atoms with Crippen LogP contribution in [0, 0.1) is 0 Å². The van der Waals surface area contributed by atoms with E-state index in [1.165, 1.54) is 12.8 Å². The minimum absolute atomic E-state index is 0.562. The predicted octanol–water partition coefficient (Wildman–Crippen LogP) is 3.18. The Morgan fingerprint density at radius 2 is 1.94 bits per heavy atom. The van der Waals surface area contributed by atoms with Crippen molar-refractivity contribution in [1.29, 1.82) is 0 Å². The lowest BCUT2D eigenvalue weighted by atomic mass is 10.1. The van der Waals surface area contributed by atoms with Crippen LogP contribution in [0.3, 0.4) is 0 Å². The van der Waals surface area contributed by atoms with Gasteiger partial charge in [-0.15, -0.1) is 0 Å². The third-order valence-electron chi connectivity index (χ3n) is 3.04. The van der Waals surface area contributed by atoms with E-state index in [-0.39, 0.29) is 0 Å². The quantitative estimate of drug-likeness (QED) is 0.877. The lowest BCUT2D eigenvalue weighted by Gasteiger charge is -2.34. The third kappa shape index (κ3) is 2.82. The highest BCUT2D eigenvalue weighted by molar-refractivity contribution is 6.35. The molecule has 88 valence electrons. The molecule has 1 aromatic carbocycles. The van der Waals surface area contributed by atoms with Crippen LogP contribution >= 0.6 is 23.2 Å². The Balaban J connectivity index is 2.16. The van der Waals surface area contributed by atoms with Gasteiger partial charge >= 0.3 is 0 Å². The van der Waals surface area contributed by atoms with Crippen molar-refractivity contribution in [2.75, 3.05) is 25.0 Å². The number of likely N-dealkylation sites (N-methyl/N-ethyl adjacent to an activating group) is 1. The van der Waals surface area contributed by atoms with Gasteiger partial charge in [-0.25, -0.2) is 0 Å². The summed E-state index contributed by atoms with van der Waals surface area (Å²) in [7, 11) is 2.01. The second kappa shape index (κ2) is 5.26. The van der Waals surface area contributed by atoms with E-state index in [1.807, 2.05) is 19.2 Å². The Labute approximate surface area is 107 Å². The van der Waals surface area contributed by atoms with Gasteiger partial charge in [-0.05, 0) is 38.1 Å². The Kier molecular flexibility index (Phi) is 3.95. The number of hydrogen-bond donors (Lipinski definition) is 1. The van der Waals surface area contributed by atoms with Gasteiger partial charge in [0.1, 0.15) is 0 Å². The molecule has 2 rings (SSSR count). The van der Waals surface area contributed by atoms with Gasteiger partial charge in [0.15, 0.2) is 0 Å². The molecule has 1 aliphatic rings. The van der Waals surface area contributed by atoms with E-state index in [9.17, 15) is 0 Å². The maximum absolute atomic E-state index is 6.01. The molecule has 1 saturated heterocycles. The molecule has 1 heterocycles. The molecular formula is C12H16Cl2N2. The van der Waals surface area contributed by atoms with Crippen LogP contribution in [0.2, 0.25) is 10.0 Å². The molecule has 0 radical (unpaired) electrons. The van der Waals surface area contributed by atoms with Crippen molar-refractivity contribution in [3.8, 4) is 0 Å². The molecule has 0 aliphatic carbocycles. The van der Waals surface area contributed by atoms with Crippen molar-refractivity contribution in [3.63, 3.8) is 0 Å². The van der Waals surface area contributed by atoms with E-state index < -0.39 is 0 Å². The summed E-state index contributed by atoms with van der Waals surface area (Å²) < 4.78 is 0. The molecule has 0 saturated carbocycles. The van der Waals surface area contributed by atoms with Gasteiger partial charge in [-0.2, -0.15) is 0 Å². The van der Waals surface area contributed by atoms with Gasteiger partial charge in [0.05, 0.1) is 0 Å². The first-order valence-electron chi connectivity index (χ1n) is 5.57. The number of piperidine rings is 1. The molecule has 2 nitrogen and oxygen atoms in total. The molecule has 1 unspecified atom stereocenters. The number of benzene rings is 1. The topological polar surface area (TPSA) is 15.3 Å². The summed E-state index contributed by atoms with van der Waals surface area (Å²) in [5.41, 5.74) is 1.12. The van der Waals surface area contributed by atoms with E-state index in [1.54, 1.807) is 6.07 Å². The normalized spacial score (nSPS) is 21.2. The smallest absolute Gasteiger partial charge is 0.0441 e. The number of anilines is 1. The third-order valence-corrected chi connectivity index (χ3v) is 3.48. The van der Waals surface area contributed by atoms with Crippen LogP contribution < -0.4 is 10.2 Å². The van der Waals surface area contributed by atoms with Crippen LogP contribution in [-0.4, -0.2) is 26.2 Å². The molecule has 1 fully saturated rings. The van der Waals surface area contributed by atoms with Crippen LogP contribution in [-0.2, 0) is 0 Å². The molecule has 0 amide bonds. The summed E-state index contributed by atoms with van der Waals surface area (Å²) in [5, 5.41) is 4.73. The first-order chi connectivity index (χ1) is 7.69. The highest BCUT2D eigenvalue weighted by Crippen LogP contribution is 2.27. The van der Waals surface area contributed by atoms with E-state index in [0.717, 1.165) is 18.8 Å². The van der Waals surface area contributed by atoms with Crippen LogP contribution in [0.5, 0.6) is 0 Å². The Hall–Kier alpha value is -0.440. The fourth-order valence-corrected chi connectivity index (χ4v) is 2.68. The highest BCUT2D eigenvalue weighted by Gasteiger charge is 2.19. The maximum atomic E-state index is 6.01. The predicted molar refractivity (Wildman–Crippen MR) is 70.8 cm³/mol. The van der Waals surface area contributed by atoms with Crippen molar-refractivity contribution in [2.24, 2.45) is 0 Å². The van der Waals surface area contributed by atoms with Crippen molar-refractivity contribution in [2.45, 2.75) is 18.9 Å². The van der Waals surface area contributed by atoms with Gasteiger partial charge < -0.3 is 10.2 Å². The molecular weight excluding hydrogens is 243 g/mol. The van der Waals surface area contributed by atoms with Gasteiger partial charge in [0, 0.05) is 34.9 Å². The molecule has 16 heavy (non-hydrogen) atoms. The number of nitrogens with one attached hydrogen (secondary N) is 1.